The maximum Gasteiger partial charge on any atom is 0.419 e. The monoisotopic (exact) mass is 424 g/mol. The first kappa shape index (κ1) is 19.4. The maximum atomic E-state index is 13.3. The second-order valence-corrected chi connectivity index (χ2v) is 9.59. The topological polar surface area (TPSA) is 43.4 Å². The van der Waals surface area contributed by atoms with E-state index in [1.54, 1.807) is 35.7 Å². The van der Waals surface area contributed by atoms with Crippen LogP contribution in [0.5, 0.6) is 5.75 Å². The van der Waals surface area contributed by atoms with Crippen molar-refractivity contribution in [2.45, 2.75) is 15.7 Å². The molecule has 3 rings (SSSR count). The number of hydrogen-bond acceptors (Lipinski definition) is 5. The molecule has 1 heterocycles. The second-order valence-electron chi connectivity index (χ2n) is 5.32. The number of benzene rings is 2. The first-order valence-corrected chi connectivity index (χ1v) is 10.8. The smallest absolute Gasteiger partial charge is 0.379 e. The van der Waals surface area contributed by atoms with Crippen molar-refractivity contribution in [2.24, 2.45) is 0 Å². The van der Waals surface area contributed by atoms with E-state index in [1.165, 1.54) is 12.1 Å². The van der Waals surface area contributed by atoms with Gasteiger partial charge in [-0.3, -0.25) is 0 Å². The van der Waals surface area contributed by atoms with E-state index in [0.29, 0.717) is 6.07 Å². The highest BCUT2D eigenvalue weighted by Gasteiger charge is 2.35. The lowest BCUT2D eigenvalue weighted by molar-refractivity contribution is -0.140. The Kier molecular flexibility index (Phi) is 5.45. The van der Waals surface area contributed by atoms with Crippen LogP contribution < -0.4 is 4.18 Å². The van der Waals surface area contributed by atoms with Gasteiger partial charge in [-0.25, -0.2) is 4.39 Å². The summed E-state index contributed by atoms with van der Waals surface area (Å²) in [7, 11) is -4.52. The maximum absolute atomic E-state index is 13.3. The summed E-state index contributed by atoms with van der Waals surface area (Å²) in [6.07, 6.45) is -5.01. The fourth-order valence-corrected chi connectivity index (χ4v) is 6.10. The molecule has 0 N–H and O–H groups in total. The molecule has 1 saturated heterocycles. The molecule has 10 heteroatoms. The van der Waals surface area contributed by atoms with Gasteiger partial charge in [0.1, 0.15) is 16.5 Å². The van der Waals surface area contributed by atoms with Gasteiger partial charge < -0.3 is 4.18 Å². The van der Waals surface area contributed by atoms with E-state index in [1.807, 2.05) is 0 Å². The lowest BCUT2D eigenvalue weighted by Crippen LogP contribution is -2.14. The van der Waals surface area contributed by atoms with Crippen LogP contribution in [0.2, 0.25) is 0 Å². The van der Waals surface area contributed by atoms with Gasteiger partial charge in [-0.05, 0) is 35.9 Å². The van der Waals surface area contributed by atoms with Gasteiger partial charge in [-0.15, -0.1) is 23.5 Å². The summed E-state index contributed by atoms with van der Waals surface area (Å²) in [4.78, 5) is -0.766. The molecule has 1 fully saturated rings. The SMILES string of the molecule is O=S(=O)(Oc1ccc(C2SCCS2)cc1)c1ccc(F)c(C(F)(F)F)c1. The molecule has 1 aliphatic rings. The molecule has 0 saturated carbocycles. The van der Waals surface area contributed by atoms with Crippen LogP contribution in [0, 0.1) is 5.82 Å². The molecule has 0 atom stereocenters. The predicted molar refractivity (Wildman–Crippen MR) is 93.3 cm³/mol. The molecule has 0 unspecified atom stereocenters. The molecule has 0 radical (unpaired) electrons. The van der Waals surface area contributed by atoms with Crippen LogP contribution in [0.15, 0.2) is 47.4 Å². The van der Waals surface area contributed by atoms with Gasteiger partial charge in [0, 0.05) is 11.5 Å². The van der Waals surface area contributed by atoms with Gasteiger partial charge >= 0.3 is 16.3 Å². The average Bonchev–Trinajstić information content (AvgIpc) is 3.09. The highest BCUT2D eigenvalue weighted by molar-refractivity contribution is 8.19. The lowest BCUT2D eigenvalue weighted by Gasteiger charge is -2.12. The van der Waals surface area contributed by atoms with Crippen molar-refractivity contribution in [1.29, 1.82) is 0 Å². The van der Waals surface area contributed by atoms with Crippen LogP contribution in [0.3, 0.4) is 0 Å². The fraction of sp³-hybridized carbons (Fsp3) is 0.250. The minimum absolute atomic E-state index is 0.0281. The van der Waals surface area contributed by atoms with Gasteiger partial charge in [-0.2, -0.15) is 21.6 Å². The number of halogens is 4. The van der Waals surface area contributed by atoms with Gasteiger partial charge in [0.25, 0.3) is 0 Å². The number of hydrogen-bond donors (Lipinski definition) is 0. The average molecular weight is 424 g/mol. The summed E-state index contributed by atoms with van der Waals surface area (Å²) < 4.78 is 81.2. The van der Waals surface area contributed by atoms with E-state index in [9.17, 15) is 26.0 Å². The zero-order valence-electron chi connectivity index (χ0n) is 13.0. The molecule has 3 nitrogen and oxygen atoms in total. The minimum Gasteiger partial charge on any atom is -0.379 e. The van der Waals surface area contributed by atoms with Crippen LogP contribution in [-0.4, -0.2) is 19.9 Å². The molecule has 0 amide bonds. The van der Waals surface area contributed by atoms with Crippen molar-refractivity contribution in [3.05, 3.63) is 59.4 Å². The van der Waals surface area contributed by atoms with Crippen molar-refractivity contribution < 1.29 is 30.2 Å². The largest absolute Gasteiger partial charge is 0.419 e. The second kappa shape index (κ2) is 7.32. The predicted octanol–water partition coefficient (Wildman–Crippen LogP) is 5.09. The molecule has 1 aliphatic heterocycles. The molecule has 0 aromatic heterocycles. The van der Waals surface area contributed by atoms with Gasteiger partial charge in [0.05, 0.1) is 10.1 Å². The Labute approximate surface area is 156 Å². The van der Waals surface area contributed by atoms with Crippen LogP contribution >= 0.6 is 23.5 Å². The van der Waals surface area contributed by atoms with E-state index in [0.717, 1.165) is 23.1 Å². The minimum atomic E-state index is -5.01. The Morgan fingerprint density at radius 1 is 1.00 bits per heavy atom. The number of thioether (sulfide) groups is 2. The molecule has 0 spiro atoms. The Balaban J connectivity index is 1.83. The highest BCUT2D eigenvalue weighted by Crippen LogP contribution is 2.45. The van der Waals surface area contributed by atoms with Crippen molar-refractivity contribution in [1.82, 2.24) is 0 Å². The third-order valence-corrected chi connectivity index (χ3v) is 7.86. The Morgan fingerprint density at radius 3 is 2.19 bits per heavy atom. The lowest BCUT2D eigenvalue weighted by atomic mass is 10.2. The third kappa shape index (κ3) is 4.29. The first-order valence-electron chi connectivity index (χ1n) is 7.31. The summed E-state index contributed by atoms with van der Waals surface area (Å²) in [5.41, 5.74) is -0.656. The zero-order valence-corrected chi connectivity index (χ0v) is 15.4. The van der Waals surface area contributed by atoms with Crippen LogP contribution in [-0.2, 0) is 16.3 Å². The van der Waals surface area contributed by atoms with Crippen molar-refractivity contribution in [3.8, 4) is 5.75 Å². The van der Waals surface area contributed by atoms with Crippen LogP contribution in [0.4, 0.5) is 17.6 Å². The summed E-state index contributed by atoms with van der Waals surface area (Å²) in [5, 5.41) is 0. The molecule has 0 aliphatic carbocycles. The van der Waals surface area contributed by atoms with Crippen molar-refractivity contribution >= 4 is 33.6 Å². The zero-order chi connectivity index (χ0) is 18.9. The molecule has 140 valence electrons. The van der Waals surface area contributed by atoms with E-state index in [2.05, 4.69) is 0 Å². The Hall–Kier alpha value is -1.39. The van der Waals surface area contributed by atoms with Gasteiger partial charge in [-0.1, -0.05) is 12.1 Å². The fourth-order valence-electron chi connectivity index (χ4n) is 2.28. The quantitative estimate of drug-likeness (QED) is 0.505. The molecular weight excluding hydrogens is 412 g/mol. The Morgan fingerprint density at radius 2 is 1.62 bits per heavy atom. The number of rotatable bonds is 4. The summed E-state index contributed by atoms with van der Waals surface area (Å²) >= 11 is 3.56. The summed E-state index contributed by atoms with van der Waals surface area (Å²) in [6.45, 7) is 0. The van der Waals surface area contributed by atoms with E-state index < -0.39 is 32.6 Å². The highest BCUT2D eigenvalue weighted by atomic mass is 32.2. The molecular formula is C16H12F4O3S3. The standard InChI is InChI=1S/C16H12F4O3S3/c17-14-6-5-12(9-13(14)16(18,19)20)26(21,22)23-11-3-1-10(2-4-11)15-24-7-8-25-15/h1-6,9,15H,7-8H2. The van der Waals surface area contributed by atoms with Crippen molar-refractivity contribution in [3.63, 3.8) is 0 Å². The normalized spacial score (nSPS) is 16.0. The van der Waals surface area contributed by atoms with E-state index in [-0.39, 0.29) is 16.4 Å². The summed E-state index contributed by atoms with van der Waals surface area (Å²) in [5.74, 6) is 0.495. The van der Waals surface area contributed by atoms with Crippen LogP contribution in [0.1, 0.15) is 15.7 Å². The van der Waals surface area contributed by atoms with Gasteiger partial charge in [0.2, 0.25) is 0 Å². The summed E-state index contributed by atoms with van der Waals surface area (Å²) in [6, 6.07) is 7.74. The molecule has 2 aromatic carbocycles. The Bertz CT molecular complexity index is 890. The van der Waals surface area contributed by atoms with E-state index in [4.69, 9.17) is 4.18 Å². The van der Waals surface area contributed by atoms with Gasteiger partial charge in [0.15, 0.2) is 0 Å². The first-order chi connectivity index (χ1) is 12.2. The third-order valence-electron chi connectivity index (χ3n) is 3.51. The van der Waals surface area contributed by atoms with Crippen molar-refractivity contribution in [2.75, 3.05) is 11.5 Å². The van der Waals surface area contributed by atoms with Crippen LogP contribution in [0.25, 0.3) is 0 Å². The molecule has 0 bridgehead atoms. The molecule has 2 aromatic rings. The molecule has 26 heavy (non-hydrogen) atoms. The van der Waals surface area contributed by atoms with E-state index >= 15 is 0 Å². The number of alkyl halides is 3.